The lowest BCUT2D eigenvalue weighted by molar-refractivity contribution is 0.659. The van der Waals surface area contributed by atoms with E-state index in [1.54, 1.807) is 11.9 Å². The SMILES string of the molecule is CC.CNCC1=CCC(C2=CSNN2)C=C1. The molecular formula is C12H21N3S. The number of likely N-dealkylation sites (N-methyl/N-ethyl adjacent to an activating group) is 1. The lowest BCUT2D eigenvalue weighted by atomic mass is 9.94. The third-order valence-corrected chi connectivity index (χ3v) is 2.99. The van der Waals surface area contributed by atoms with Gasteiger partial charge in [-0.25, -0.2) is 0 Å². The first-order valence-electron chi connectivity index (χ1n) is 5.78. The third kappa shape index (κ3) is 3.70. The van der Waals surface area contributed by atoms with E-state index in [4.69, 9.17) is 0 Å². The molecule has 0 aromatic carbocycles. The molecule has 0 bridgehead atoms. The average Bonchev–Trinajstić information content (AvgIpc) is 2.87. The van der Waals surface area contributed by atoms with Crippen LogP contribution < -0.4 is 15.6 Å². The summed E-state index contributed by atoms with van der Waals surface area (Å²) in [6.07, 6.45) is 7.86. The van der Waals surface area contributed by atoms with Crippen molar-refractivity contribution in [2.75, 3.05) is 13.6 Å². The maximum atomic E-state index is 3.16. The van der Waals surface area contributed by atoms with Crippen LogP contribution in [0.5, 0.6) is 0 Å². The highest BCUT2D eigenvalue weighted by Gasteiger charge is 2.15. The van der Waals surface area contributed by atoms with Gasteiger partial charge in [0, 0.05) is 23.6 Å². The Morgan fingerprint density at radius 3 is 2.81 bits per heavy atom. The monoisotopic (exact) mass is 239 g/mol. The lowest BCUT2D eigenvalue weighted by Gasteiger charge is -2.17. The van der Waals surface area contributed by atoms with E-state index in [9.17, 15) is 0 Å². The summed E-state index contributed by atoms with van der Waals surface area (Å²) >= 11 is 1.60. The van der Waals surface area contributed by atoms with Gasteiger partial charge in [-0.05, 0) is 31.0 Å². The molecule has 0 amide bonds. The summed E-state index contributed by atoms with van der Waals surface area (Å²) in [6, 6.07) is 0. The van der Waals surface area contributed by atoms with Crippen LogP contribution in [0.1, 0.15) is 20.3 Å². The zero-order chi connectivity index (χ0) is 11.8. The van der Waals surface area contributed by atoms with Crippen LogP contribution in [0.3, 0.4) is 0 Å². The van der Waals surface area contributed by atoms with Gasteiger partial charge in [0.05, 0.1) is 0 Å². The second-order valence-corrected chi connectivity index (χ2v) is 4.10. The van der Waals surface area contributed by atoms with E-state index in [2.05, 4.69) is 39.2 Å². The summed E-state index contributed by atoms with van der Waals surface area (Å²) in [7, 11) is 1.97. The molecule has 1 heterocycles. The quantitative estimate of drug-likeness (QED) is 0.661. The van der Waals surface area contributed by atoms with Crippen molar-refractivity contribution in [2.45, 2.75) is 20.3 Å². The molecule has 3 N–H and O–H groups in total. The number of rotatable bonds is 3. The zero-order valence-electron chi connectivity index (χ0n) is 10.2. The Kier molecular flexibility index (Phi) is 6.30. The molecule has 0 aromatic rings. The van der Waals surface area contributed by atoms with Crippen molar-refractivity contribution >= 4 is 11.9 Å². The fourth-order valence-corrected chi connectivity index (χ4v) is 2.22. The molecule has 16 heavy (non-hydrogen) atoms. The van der Waals surface area contributed by atoms with E-state index in [0.29, 0.717) is 5.92 Å². The van der Waals surface area contributed by atoms with Gasteiger partial charge in [-0.1, -0.05) is 32.1 Å². The summed E-state index contributed by atoms with van der Waals surface area (Å²) in [5.74, 6) is 0.512. The molecule has 3 nitrogen and oxygen atoms in total. The molecule has 0 radical (unpaired) electrons. The molecule has 1 unspecified atom stereocenters. The van der Waals surface area contributed by atoms with Gasteiger partial charge >= 0.3 is 0 Å². The van der Waals surface area contributed by atoms with Gasteiger partial charge in [0.15, 0.2) is 0 Å². The summed E-state index contributed by atoms with van der Waals surface area (Å²) in [5.41, 5.74) is 5.80. The predicted molar refractivity (Wildman–Crippen MR) is 72.6 cm³/mol. The van der Waals surface area contributed by atoms with Gasteiger partial charge in [-0.15, -0.1) is 0 Å². The summed E-state index contributed by atoms with van der Waals surface area (Å²) in [6.45, 7) is 4.96. The van der Waals surface area contributed by atoms with E-state index in [0.717, 1.165) is 13.0 Å². The first kappa shape index (κ1) is 13.4. The standard InChI is InChI=1S/C10H15N3S.C2H6/c1-11-6-8-2-4-9(5-3-8)10-7-14-13-12-10;1-2/h2-4,7,9,11-13H,5-6H2,1H3;1-2H3. The van der Waals surface area contributed by atoms with Crippen molar-refractivity contribution in [1.29, 1.82) is 0 Å². The number of hydrogen-bond donors (Lipinski definition) is 3. The third-order valence-electron chi connectivity index (χ3n) is 2.40. The molecule has 0 saturated heterocycles. The number of hydrazine groups is 1. The van der Waals surface area contributed by atoms with Crippen molar-refractivity contribution in [3.63, 3.8) is 0 Å². The van der Waals surface area contributed by atoms with Crippen LogP contribution in [-0.2, 0) is 0 Å². The van der Waals surface area contributed by atoms with Crippen LogP contribution in [0.25, 0.3) is 0 Å². The number of nitrogens with one attached hydrogen (secondary N) is 3. The summed E-state index contributed by atoms with van der Waals surface area (Å²) in [4.78, 5) is 3.01. The molecule has 0 fully saturated rings. The zero-order valence-corrected chi connectivity index (χ0v) is 11.0. The van der Waals surface area contributed by atoms with Crippen molar-refractivity contribution in [2.24, 2.45) is 5.92 Å². The van der Waals surface area contributed by atoms with Crippen molar-refractivity contribution in [3.8, 4) is 0 Å². The van der Waals surface area contributed by atoms with Gasteiger partial charge < -0.3 is 10.7 Å². The predicted octanol–water partition coefficient (Wildman–Crippen LogP) is 2.33. The molecule has 0 saturated carbocycles. The molecule has 2 aliphatic rings. The molecule has 90 valence electrons. The Bertz CT molecular complexity index is 295. The molecule has 2 rings (SSSR count). The van der Waals surface area contributed by atoms with Crippen molar-refractivity contribution in [1.82, 2.24) is 15.6 Å². The maximum Gasteiger partial charge on any atom is 0.0419 e. The fraction of sp³-hybridized carbons (Fsp3) is 0.500. The molecule has 1 atom stereocenters. The Balaban J connectivity index is 0.000000606. The van der Waals surface area contributed by atoms with Gasteiger partial charge in [-0.2, -0.15) is 4.83 Å². The van der Waals surface area contributed by atoms with Gasteiger partial charge in [-0.3, -0.25) is 0 Å². The van der Waals surface area contributed by atoms with Crippen molar-refractivity contribution in [3.05, 3.63) is 34.9 Å². The smallest absolute Gasteiger partial charge is 0.0419 e. The summed E-state index contributed by atoms with van der Waals surface area (Å²) in [5, 5.41) is 5.29. The van der Waals surface area contributed by atoms with Crippen LogP contribution in [0, 0.1) is 5.92 Å². The highest BCUT2D eigenvalue weighted by molar-refractivity contribution is 8.00. The molecule has 4 heteroatoms. The van der Waals surface area contributed by atoms with Crippen LogP contribution >= 0.6 is 11.9 Å². The average molecular weight is 239 g/mol. The normalized spacial score (nSPS) is 22.8. The van der Waals surface area contributed by atoms with E-state index in [-0.39, 0.29) is 0 Å². The van der Waals surface area contributed by atoms with Crippen LogP contribution in [0.15, 0.2) is 34.9 Å². The fourth-order valence-electron chi connectivity index (χ4n) is 1.62. The van der Waals surface area contributed by atoms with E-state index in [1.165, 1.54) is 11.3 Å². The topological polar surface area (TPSA) is 36.1 Å². The minimum atomic E-state index is 0.512. The van der Waals surface area contributed by atoms with Crippen LogP contribution in [0.4, 0.5) is 0 Å². The molecule has 0 aromatic heterocycles. The second-order valence-electron chi connectivity index (χ2n) is 3.43. The van der Waals surface area contributed by atoms with E-state index in [1.807, 2.05) is 20.9 Å². The van der Waals surface area contributed by atoms with Gasteiger partial charge in [0.2, 0.25) is 0 Å². The second kappa shape index (κ2) is 7.54. The van der Waals surface area contributed by atoms with E-state index < -0.39 is 0 Å². The minimum absolute atomic E-state index is 0.512. The first-order chi connectivity index (χ1) is 7.90. The minimum Gasteiger partial charge on any atom is -0.316 e. The number of allylic oxidation sites excluding steroid dienone is 2. The largest absolute Gasteiger partial charge is 0.316 e. The first-order valence-corrected chi connectivity index (χ1v) is 6.66. The Hall–Kier alpha value is -0.710. The molecule has 0 spiro atoms. The Labute approximate surface area is 103 Å². The highest BCUT2D eigenvalue weighted by atomic mass is 32.2. The lowest BCUT2D eigenvalue weighted by Crippen LogP contribution is -2.23. The molecule has 1 aliphatic heterocycles. The van der Waals surface area contributed by atoms with Gasteiger partial charge in [0.1, 0.15) is 0 Å². The Morgan fingerprint density at radius 2 is 2.31 bits per heavy atom. The van der Waals surface area contributed by atoms with Crippen LogP contribution in [0.2, 0.25) is 0 Å². The van der Waals surface area contributed by atoms with E-state index >= 15 is 0 Å². The molecule has 1 aliphatic carbocycles. The van der Waals surface area contributed by atoms with Crippen molar-refractivity contribution < 1.29 is 0 Å². The van der Waals surface area contributed by atoms with Gasteiger partial charge in [0.25, 0.3) is 0 Å². The summed E-state index contributed by atoms with van der Waals surface area (Å²) < 4.78 is 0. The van der Waals surface area contributed by atoms with Crippen LogP contribution in [-0.4, -0.2) is 13.6 Å². The maximum absolute atomic E-state index is 3.16. The highest BCUT2D eigenvalue weighted by Crippen LogP contribution is 2.25. The molecular weight excluding hydrogens is 218 g/mol. The Morgan fingerprint density at radius 1 is 1.50 bits per heavy atom. The number of hydrogen-bond acceptors (Lipinski definition) is 4.